The largest absolute Gasteiger partial charge is 0.329 e. The van der Waals surface area contributed by atoms with Crippen molar-refractivity contribution in [3.63, 3.8) is 0 Å². The third-order valence-electron chi connectivity index (χ3n) is 2.30. The van der Waals surface area contributed by atoms with Gasteiger partial charge in [-0.1, -0.05) is 11.6 Å². The van der Waals surface area contributed by atoms with Crippen molar-refractivity contribution in [3.05, 3.63) is 29.0 Å². The van der Waals surface area contributed by atoms with Crippen molar-refractivity contribution in [2.24, 2.45) is 11.1 Å². The average Bonchev–Trinajstić information content (AvgIpc) is 2.23. The van der Waals surface area contributed by atoms with Gasteiger partial charge in [-0.2, -0.15) is 0 Å². The molecule has 1 aromatic carbocycles. The molecule has 0 spiro atoms. The standard InChI is InChI=1S/C11H14ClFN2O/c1-11(2,6-14)10(16)15-9-5-7(13)3-4-8(9)12/h3-5H,6,14H2,1-2H3,(H,15,16). The van der Waals surface area contributed by atoms with Crippen molar-refractivity contribution in [2.75, 3.05) is 11.9 Å². The summed E-state index contributed by atoms with van der Waals surface area (Å²) in [4.78, 5) is 11.8. The van der Waals surface area contributed by atoms with Crippen molar-refractivity contribution in [3.8, 4) is 0 Å². The lowest BCUT2D eigenvalue weighted by Crippen LogP contribution is -2.37. The number of carbonyl (C=O) groups excluding carboxylic acids is 1. The summed E-state index contributed by atoms with van der Waals surface area (Å²) in [5.74, 6) is -0.743. The summed E-state index contributed by atoms with van der Waals surface area (Å²) in [5, 5.41) is 2.85. The smallest absolute Gasteiger partial charge is 0.231 e. The highest BCUT2D eigenvalue weighted by Gasteiger charge is 2.26. The van der Waals surface area contributed by atoms with Crippen LogP contribution in [0.5, 0.6) is 0 Å². The first kappa shape index (κ1) is 12.9. The molecule has 0 saturated heterocycles. The van der Waals surface area contributed by atoms with E-state index in [2.05, 4.69) is 5.32 Å². The lowest BCUT2D eigenvalue weighted by Gasteiger charge is -2.21. The van der Waals surface area contributed by atoms with E-state index < -0.39 is 11.2 Å². The number of hydrogen-bond acceptors (Lipinski definition) is 2. The third-order valence-corrected chi connectivity index (χ3v) is 2.63. The van der Waals surface area contributed by atoms with E-state index in [-0.39, 0.29) is 18.1 Å². The monoisotopic (exact) mass is 244 g/mol. The van der Waals surface area contributed by atoms with Crippen LogP contribution in [0.1, 0.15) is 13.8 Å². The van der Waals surface area contributed by atoms with Gasteiger partial charge in [0.25, 0.3) is 0 Å². The SMILES string of the molecule is CC(C)(CN)C(=O)Nc1cc(F)ccc1Cl. The average molecular weight is 245 g/mol. The Balaban J connectivity index is 2.89. The fraction of sp³-hybridized carbons (Fsp3) is 0.364. The van der Waals surface area contributed by atoms with Crippen LogP contribution in [0.3, 0.4) is 0 Å². The van der Waals surface area contributed by atoms with Gasteiger partial charge in [0.1, 0.15) is 5.82 Å². The van der Waals surface area contributed by atoms with Crippen molar-refractivity contribution in [1.29, 1.82) is 0 Å². The van der Waals surface area contributed by atoms with Crippen LogP contribution < -0.4 is 11.1 Å². The van der Waals surface area contributed by atoms with Crippen molar-refractivity contribution in [2.45, 2.75) is 13.8 Å². The molecule has 0 bridgehead atoms. The molecule has 0 atom stereocenters. The zero-order valence-electron chi connectivity index (χ0n) is 9.18. The molecule has 0 aliphatic rings. The van der Waals surface area contributed by atoms with Gasteiger partial charge in [0.2, 0.25) is 5.91 Å². The van der Waals surface area contributed by atoms with Gasteiger partial charge in [-0.15, -0.1) is 0 Å². The molecule has 0 aromatic heterocycles. The molecule has 0 radical (unpaired) electrons. The minimum absolute atomic E-state index is 0.200. The van der Waals surface area contributed by atoms with E-state index in [1.54, 1.807) is 13.8 Å². The van der Waals surface area contributed by atoms with E-state index >= 15 is 0 Å². The molecule has 1 amide bonds. The third kappa shape index (κ3) is 2.93. The number of nitrogens with two attached hydrogens (primary N) is 1. The second kappa shape index (κ2) is 4.80. The highest BCUT2D eigenvalue weighted by molar-refractivity contribution is 6.33. The molecule has 3 N–H and O–H groups in total. The van der Waals surface area contributed by atoms with E-state index in [4.69, 9.17) is 17.3 Å². The van der Waals surface area contributed by atoms with E-state index in [0.717, 1.165) is 0 Å². The molecule has 1 rings (SSSR count). The molecule has 0 saturated carbocycles. The fourth-order valence-electron chi connectivity index (χ4n) is 0.977. The van der Waals surface area contributed by atoms with Crippen LogP contribution in [-0.4, -0.2) is 12.5 Å². The number of halogens is 2. The zero-order chi connectivity index (χ0) is 12.3. The molecule has 0 aliphatic heterocycles. The summed E-state index contributed by atoms with van der Waals surface area (Å²) in [5.41, 5.74) is 5.01. The van der Waals surface area contributed by atoms with Gasteiger partial charge in [-0.05, 0) is 32.0 Å². The summed E-state index contributed by atoms with van der Waals surface area (Å²) < 4.78 is 12.9. The van der Waals surface area contributed by atoms with Crippen molar-refractivity contribution in [1.82, 2.24) is 0 Å². The Morgan fingerprint density at radius 3 is 2.75 bits per heavy atom. The topological polar surface area (TPSA) is 55.1 Å². The molecule has 0 fully saturated rings. The Kier molecular flexibility index (Phi) is 3.88. The van der Waals surface area contributed by atoms with Crippen LogP contribution in [-0.2, 0) is 4.79 Å². The number of anilines is 1. The van der Waals surface area contributed by atoms with Gasteiger partial charge in [0.05, 0.1) is 16.1 Å². The lowest BCUT2D eigenvalue weighted by molar-refractivity contribution is -0.123. The van der Waals surface area contributed by atoms with Crippen LogP contribution in [0.15, 0.2) is 18.2 Å². The number of amides is 1. The highest BCUT2D eigenvalue weighted by atomic mass is 35.5. The summed E-state index contributed by atoms with van der Waals surface area (Å²) in [6.45, 7) is 3.61. The molecular weight excluding hydrogens is 231 g/mol. The molecule has 5 heteroatoms. The lowest BCUT2D eigenvalue weighted by atomic mass is 9.92. The Labute approximate surface area is 98.8 Å². The maximum atomic E-state index is 12.9. The first-order chi connectivity index (χ1) is 7.36. The molecular formula is C11H14ClFN2O. The highest BCUT2D eigenvalue weighted by Crippen LogP contribution is 2.24. The number of benzene rings is 1. The maximum Gasteiger partial charge on any atom is 0.231 e. The molecule has 0 unspecified atom stereocenters. The minimum atomic E-state index is -0.713. The molecule has 16 heavy (non-hydrogen) atoms. The Morgan fingerprint density at radius 1 is 1.56 bits per heavy atom. The quantitative estimate of drug-likeness (QED) is 0.858. The van der Waals surface area contributed by atoms with Gasteiger partial charge in [-0.3, -0.25) is 4.79 Å². The number of rotatable bonds is 3. The van der Waals surface area contributed by atoms with Crippen LogP contribution in [0.4, 0.5) is 10.1 Å². The molecule has 1 aromatic rings. The van der Waals surface area contributed by atoms with Crippen LogP contribution in [0.25, 0.3) is 0 Å². The fourth-order valence-corrected chi connectivity index (χ4v) is 1.14. The first-order valence-electron chi connectivity index (χ1n) is 4.83. The van der Waals surface area contributed by atoms with E-state index in [1.165, 1.54) is 18.2 Å². The molecule has 0 aliphatic carbocycles. The number of carbonyl (C=O) groups is 1. The van der Waals surface area contributed by atoms with E-state index in [1.807, 2.05) is 0 Å². The second-order valence-electron chi connectivity index (χ2n) is 4.17. The normalized spacial score (nSPS) is 11.3. The van der Waals surface area contributed by atoms with Crippen LogP contribution in [0.2, 0.25) is 5.02 Å². The number of nitrogens with one attached hydrogen (secondary N) is 1. The van der Waals surface area contributed by atoms with Gasteiger partial charge < -0.3 is 11.1 Å². The van der Waals surface area contributed by atoms with E-state index in [9.17, 15) is 9.18 Å². The van der Waals surface area contributed by atoms with Gasteiger partial charge in [0.15, 0.2) is 0 Å². The van der Waals surface area contributed by atoms with Crippen LogP contribution in [0, 0.1) is 11.2 Å². The summed E-state index contributed by atoms with van der Waals surface area (Å²) in [6.07, 6.45) is 0. The first-order valence-corrected chi connectivity index (χ1v) is 5.21. The van der Waals surface area contributed by atoms with Gasteiger partial charge in [-0.25, -0.2) is 4.39 Å². The number of hydrogen-bond donors (Lipinski definition) is 2. The molecule has 88 valence electrons. The van der Waals surface area contributed by atoms with Gasteiger partial charge in [0, 0.05) is 6.54 Å². The molecule has 3 nitrogen and oxygen atoms in total. The predicted molar refractivity (Wildman–Crippen MR) is 62.9 cm³/mol. The van der Waals surface area contributed by atoms with E-state index in [0.29, 0.717) is 5.02 Å². The van der Waals surface area contributed by atoms with Gasteiger partial charge >= 0.3 is 0 Å². The second-order valence-corrected chi connectivity index (χ2v) is 4.57. The van der Waals surface area contributed by atoms with Crippen molar-refractivity contribution < 1.29 is 9.18 Å². The maximum absolute atomic E-state index is 12.9. The Bertz CT molecular complexity index is 407. The molecule has 0 heterocycles. The Hall–Kier alpha value is -1.13. The predicted octanol–water partition coefficient (Wildman–Crippen LogP) is 2.40. The Morgan fingerprint density at radius 2 is 2.19 bits per heavy atom. The van der Waals surface area contributed by atoms with Crippen LogP contribution >= 0.6 is 11.6 Å². The zero-order valence-corrected chi connectivity index (χ0v) is 9.94. The summed E-state index contributed by atoms with van der Waals surface area (Å²) in [6, 6.07) is 3.79. The summed E-state index contributed by atoms with van der Waals surface area (Å²) >= 11 is 5.82. The summed E-state index contributed by atoms with van der Waals surface area (Å²) in [7, 11) is 0. The minimum Gasteiger partial charge on any atom is -0.329 e. The van der Waals surface area contributed by atoms with Crippen molar-refractivity contribution >= 4 is 23.2 Å².